The lowest BCUT2D eigenvalue weighted by Gasteiger charge is -2.37. The van der Waals surface area contributed by atoms with Crippen LogP contribution < -0.4 is 29.6 Å². The molecule has 1 aromatic heterocycles. The highest BCUT2D eigenvalue weighted by molar-refractivity contribution is 5.91. The van der Waals surface area contributed by atoms with Gasteiger partial charge in [0, 0.05) is 37.6 Å². The number of amides is 1. The van der Waals surface area contributed by atoms with Crippen molar-refractivity contribution in [2.24, 2.45) is 0 Å². The number of rotatable bonds is 4. The number of para-hydroxylation sites is 2. The number of piperazine rings is 1. The van der Waals surface area contributed by atoms with E-state index in [1.54, 1.807) is 17.0 Å². The molecule has 2 aliphatic heterocycles. The molecule has 2 aromatic carbocycles. The molecule has 10 nitrogen and oxygen atoms in total. The van der Waals surface area contributed by atoms with Crippen molar-refractivity contribution in [1.82, 2.24) is 14.9 Å². The number of nitrogens with zero attached hydrogens (tertiary/aromatic N) is 4. The Balaban J connectivity index is 1.37. The molecule has 1 saturated heterocycles. The van der Waals surface area contributed by atoms with E-state index in [9.17, 15) is 4.79 Å². The zero-order chi connectivity index (χ0) is 30.7. The molecule has 1 atom stereocenters. The number of ether oxygens (including phenoxy) is 4. The van der Waals surface area contributed by atoms with Crippen LogP contribution in [0.5, 0.6) is 23.0 Å². The number of methoxy groups -OCH3 is 2. The summed E-state index contributed by atoms with van der Waals surface area (Å²) in [6, 6.07) is 8.56. The second-order valence-corrected chi connectivity index (χ2v) is 7.29. The van der Waals surface area contributed by atoms with Crippen LogP contribution >= 0.6 is 0 Å². The molecule has 0 bridgehead atoms. The Labute approximate surface area is 203 Å². The number of carbonyl (C=O) groups is 1. The molecule has 0 aliphatic carbocycles. The van der Waals surface area contributed by atoms with Gasteiger partial charge in [-0.3, -0.25) is 4.79 Å². The third-order valence-corrected chi connectivity index (χ3v) is 5.36. The van der Waals surface area contributed by atoms with Crippen molar-refractivity contribution in [3.63, 3.8) is 0 Å². The highest BCUT2D eigenvalue weighted by Gasteiger charge is 2.33. The van der Waals surface area contributed by atoms with Crippen LogP contribution in [-0.2, 0) is 4.79 Å². The Bertz CT molecular complexity index is 1530. The first-order valence-corrected chi connectivity index (χ1v) is 9.96. The highest BCUT2D eigenvalue weighted by Crippen LogP contribution is 2.34. The Morgan fingerprint density at radius 2 is 1.88 bits per heavy atom. The van der Waals surface area contributed by atoms with Crippen LogP contribution in [0.4, 0.5) is 11.8 Å². The molecule has 1 amide bonds. The molecule has 5 rings (SSSR count). The summed E-state index contributed by atoms with van der Waals surface area (Å²) in [6.07, 6.45) is -2.69. The molecule has 1 unspecified atom stereocenters. The van der Waals surface area contributed by atoms with Gasteiger partial charge in [-0.05, 0) is 18.2 Å². The smallest absolute Gasteiger partial charge is 0.267 e. The molecule has 3 aromatic rings. The maximum atomic E-state index is 13.4. The van der Waals surface area contributed by atoms with Crippen molar-refractivity contribution >= 4 is 28.6 Å². The van der Waals surface area contributed by atoms with Crippen molar-refractivity contribution in [2.45, 2.75) is 6.08 Å². The maximum Gasteiger partial charge on any atom is 0.267 e. The first-order chi connectivity index (χ1) is 19.5. The van der Waals surface area contributed by atoms with E-state index in [0.717, 1.165) is 0 Å². The molecule has 2 N–H and O–H groups in total. The summed E-state index contributed by atoms with van der Waals surface area (Å²) in [6.45, 7) is -2.32. The third kappa shape index (κ3) is 3.88. The number of fused-ring (bicyclic) bond motifs is 2. The second kappa shape index (κ2) is 8.53. The van der Waals surface area contributed by atoms with E-state index in [2.05, 4.69) is 9.97 Å². The number of hydrogen-bond donors (Lipinski definition) is 1. The zero-order valence-corrected chi connectivity index (χ0v) is 17.2. The van der Waals surface area contributed by atoms with Gasteiger partial charge in [0.25, 0.3) is 5.91 Å². The fraction of sp³-hybridized carbons (Fsp3) is 0.348. The van der Waals surface area contributed by atoms with Crippen LogP contribution in [0.1, 0.15) is 12.3 Å². The number of hydrogen-bond acceptors (Lipinski definition) is 9. The van der Waals surface area contributed by atoms with Gasteiger partial charge >= 0.3 is 0 Å². The van der Waals surface area contributed by atoms with E-state index in [1.807, 2.05) is 0 Å². The van der Waals surface area contributed by atoms with Crippen LogP contribution in [0, 0.1) is 0 Å². The van der Waals surface area contributed by atoms with Gasteiger partial charge in [0.05, 0.1) is 31.9 Å². The Morgan fingerprint density at radius 3 is 2.64 bits per heavy atom. The summed E-state index contributed by atoms with van der Waals surface area (Å²) in [5.41, 5.74) is 6.30. The van der Waals surface area contributed by atoms with E-state index in [0.29, 0.717) is 0 Å². The van der Waals surface area contributed by atoms with Gasteiger partial charge in [-0.15, -0.1) is 0 Å². The van der Waals surface area contributed by atoms with E-state index in [1.165, 1.54) is 29.2 Å². The minimum atomic E-state index is -2.91. The summed E-state index contributed by atoms with van der Waals surface area (Å²) < 4.78 is 90.2. The largest absolute Gasteiger partial charge is 0.493 e. The van der Waals surface area contributed by atoms with Crippen LogP contribution in [0.25, 0.3) is 10.9 Å². The molecule has 2 aliphatic rings. The SMILES string of the molecule is [2H]C([2H])([2H])Oc1cc2nc(N3CCN(C(=O)C4([2H])Oc5ccccc5OC4([2H])[2H])CC3)nc(N)c2cc1OC([2H])([2H])[2H]. The topological polar surface area (TPSA) is 112 Å². The summed E-state index contributed by atoms with van der Waals surface area (Å²) in [5.74, 6) is -1.44. The average Bonchev–Trinajstić information content (AvgIpc) is 2.87. The molecule has 33 heavy (non-hydrogen) atoms. The summed E-state index contributed by atoms with van der Waals surface area (Å²) in [7, 11) is -5.81. The van der Waals surface area contributed by atoms with Gasteiger partial charge < -0.3 is 34.5 Å². The maximum absolute atomic E-state index is 13.4. The number of nitrogen functional groups attached to an aromatic ring is 1. The lowest BCUT2D eigenvalue weighted by atomic mass is 10.2. The van der Waals surface area contributed by atoms with Gasteiger partial charge in [-0.1, -0.05) is 12.1 Å². The van der Waals surface area contributed by atoms with Gasteiger partial charge in [0.1, 0.15) is 12.4 Å². The number of carbonyl (C=O) groups excluding carboxylic acids is 1. The molecule has 10 heteroatoms. The minimum absolute atomic E-state index is 0.0472. The van der Waals surface area contributed by atoms with Crippen LogP contribution in [0.2, 0.25) is 0 Å². The fourth-order valence-corrected chi connectivity index (χ4v) is 3.64. The Kier molecular flexibility index (Phi) is 3.34. The second-order valence-electron chi connectivity index (χ2n) is 7.29. The predicted octanol–water partition coefficient (Wildman–Crippen LogP) is 1.72. The van der Waals surface area contributed by atoms with Crippen molar-refractivity contribution in [1.29, 1.82) is 0 Å². The van der Waals surface area contributed by atoms with Crippen LogP contribution in [-0.4, -0.2) is 73.7 Å². The van der Waals surface area contributed by atoms with Gasteiger partial charge in [0.15, 0.2) is 23.0 Å². The molecule has 172 valence electrons. The Morgan fingerprint density at radius 1 is 1.15 bits per heavy atom. The highest BCUT2D eigenvalue weighted by atomic mass is 16.6. The molecule has 0 radical (unpaired) electrons. The lowest BCUT2D eigenvalue weighted by molar-refractivity contribution is -0.141. The first-order valence-electron chi connectivity index (χ1n) is 14.5. The molecular weight excluding hydrogens is 426 g/mol. The quantitative estimate of drug-likeness (QED) is 0.622. The molecule has 1 fully saturated rings. The van der Waals surface area contributed by atoms with E-state index in [-0.39, 0.29) is 71.8 Å². The van der Waals surface area contributed by atoms with Gasteiger partial charge in [-0.25, -0.2) is 4.98 Å². The van der Waals surface area contributed by atoms with E-state index < -0.39 is 32.6 Å². The van der Waals surface area contributed by atoms with Gasteiger partial charge in [0.2, 0.25) is 12.0 Å². The zero-order valence-electron chi connectivity index (χ0n) is 26.2. The van der Waals surface area contributed by atoms with E-state index in [4.69, 9.17) is 37.0 Å². The molecule has 0 saturated carbocycles. The van der Waals surface area contributed by atoms with Crippen molar-refractivity contribution < 1.29 is 36.1 Å². The number of aromatic nitrogens is 2. The number of nitrogens with two attached hydrogens (primary N) is 1. The summed E-state index contributed by atoms with van der Waals surface area (Å²) in [4.78, 5) is 25.1. The normalized spacial score (nSPS) is 26.2. The number of benzene rings is 2. The number of anilines is 2. The minimum Gasteiger partial charge on any atom is -0.493 e. The Hall–Kier alpha value is -3.95. The molecule has 3 heterocycles. The van der Waals surface area contributed by atoms with Crippen molar-refractivity contribution in [3.05, 3.63) is 36.4 Å². The summed E-state index contributed by atoms with van der Waals surface area (Å²) >= 11 is 0. The van der Waals surface area contributed by atoms with Gasteiger partial charge in [-0.2, -0.15) is 4.98 Å². The summed E-state index contributed by atoms with van der Waals surface area (Å²) in [5, 5.41) is 0.192. The average molecular weight is 461 g/mol. The van der Waals surface area contributed by atoms with Crippen molar-refractivity contribution in [2.75, 3.05) is 57.4 Å². The predicted molar refractivity (Wildman–Crippen MR) is 122 cm³/mol. The molecule has 0 spiro atoms. The standard InChI is InChI=1S/C23H25N5O5/c1-30-18-11-14-15(12-19(18)31-2)25-23(26-21(14)24)28-9-7-27(8-10-28)22(29)20-13-32-16-5-3-4-6-17(16)33-20/h3-6,11-12,20H,7-10,13H2,1-2H3,(H2,24,25,26)/i1D3,2D3,13D2,20D. The van der Waals surface area contributed by atoms with E-state index >= 15 is 0 Å². The van der Waals surface area contributed by atoms with Crippen molar-refractivity contribution in [3.8, 4) is 23.0 Å². The molecular formula is C23H25N5O5. The van der Waals surface area contributed by atoms with Crippen LogP contribution in [0.15, 0.2) is 36.4 Å². The third-order valence-electron chi connectivity index (χ3n) is 5.36. The van der Waals surface area contributed by atoms with Crippen LogP contribution in [0.3, 0.4) is 0 Å². The fourth-order valence-electron chi connectivity index (χ4n) is 3.64. The first kappa shape index (κ1) is 12.9. The monoisotopic (exact) mass is 460 g/mol. The lowest BCUT2D eigenvalue weighted by Crippen LogP contribution is -2.54.